The molecule has 0 fully saturated rings. The molecule has 2 aromatic heterocycles. The van der Waals surface area contributed by atoms with E-state index in [-0.39, 0.29) is 23.4 Å². The highest BCUT2D eigenvalue weighted by atomic mass is 32.1. The number of nitrogens with zero attached hydrogens (tertiary/aromatic N) is 2. The van der Waals surface area contributed by atoms with Crippen LogP contribution in [-0.2, 0) is 16.0 Å². The maximum absolute atomic E-state index is 14.5. The molecule has 0 aliphatic rings. The number of carbonyl (C=O) groups excluding carboxylic acids is 3. The minimum Gasteiger partial charge on any atom is -0.367 e. The molecule has 32 heavy (non-hydrogen) atoms. The van der Waals surface area contributed by atoms with Gasteiger partial charge in [0.25, 0.3) is 5.91 Å². The van der Waals surface area contributed by atoms with E-state index >= 15 is 0 Å². The van der Waals surface area contributed by atoms with Crippen LogP contribution in [-0.4, -0.2) is 28.6 Å². The van der Waals surface area contributed by atoms with Gasteiger partial charge in [0, 0.05) is 12.2 Å². The number of aromatic nitrogens is 2. The SMILES string of the molecule is NC(=O)c1cc(F)c(NCCc2ccccc2)nc1Nc1ccc2ncsc2c1.O=C=O. The van der Waals surface area contributed by atoms with Crippen LogP contribution in [0.1, 0.15) is 15.9 Å². The third kappa shape index (κ3) is 5.72. The van der Waals surface area contributed by atoms with E-state index in [0.29, 0.717) is 18.7 Å². The van der Waals surface area contributed by atoms with Gasteiger partial charge in [-0.2, -0.15) is 9.59 Å². The van der Waals surface area contributed by atoms with Crippen LogP contribution in [0.3, 0.4) is 0 Å². The minimum absolute atomic E-state index is 0.0134. The standard InChI is InChI=1S/C21H18FN5OS.CO2/c22-16-11-15(19(23)28)20(26-14-6-7-17-18(10-14)29-12-25-17)27-21(16)24-9-8-13-4-2-1-3-5-13;2-1-3/h1-7,10-12H,8-9H2,(H2,23,28)(H2,24,26,27);. The summed E-state index contributed by atoms with van der Waals surface area (Å²) >= 11 is 1.50. The van der Waals surface area contributed by atoms with Gasteiger partial charge in [0.05, 0.1) is 21.3 Å². The summed E-state index contributed by atoms with van der Waals surface area (Å²) in [5, 5.41) is 6.06. The van der Waals surface area contributed by atoms with Crippen molar-refractivity contribution in [3.8, 4) is 0 Å². The zero-order chi connectivity index (χ0) is 22.9. The van der Waals surface area contributed by atoms with Crippen molar-refractivity contribution in [1.29, 1.82) is 0 Å². The molecule has 1 amide bonds. The van der Waals surface area contributed by atoms with E-state index in [1.807, 2.05) is 48.5 Å². The average Bonchev–Trinajstić information content (AvgIpc) is 3.25. The van der Waals surface area contributed by atoms with Crippen LogP contribution in [0.4, 0.5) is 21.7 Å². The zero-order valence-electron chi connectivity index (χ0n) is 16.7. The van der Waals surface area contributed by atoms with Crippen LogP contribution >= 0.6 is 11.3 Å². The topological polar surface area (TPSA) is 127 Å². The summed E-state index contributed by atoms with van der Waals surface area (Å²) in [4.78, 5) is 36.6. The molecule has 4 aromatic rings. The predicted molar refractivity (Wildman–Crippen MR) is 119 cm³/mol. The lowest BCUT2D eigenvalue weighted by atomic mass is 10.1. The number of anilines is 3. The van der Waals surface area contributed by atoms with Gasteiger partial charge in [-0.1, -0.05) is 30.3 Å². The van der Waals surface area contributed by atoms with Crippen molar-refractivity contribution in [2.75, 3.05) is 17.2 Å². The Morgan fingerprint density at radius 3 is 2.56 bits per heavy atom. The molecule has 10 heteroatoms. The Morgan fingerprint density at radius 1 is 1.09 bits per heavy atom. The maximum Gasteiger partial charge on any atom is 0.373 e. The zero-order valence-corrected chi connectivity index (χ0v) is 17.5. The highest BCUT2D eigenvalue weighted by Gasteiger charge is 2.16. The Balaban J connectivity index is 0.000000913. The van der Waals surface area contributed by atoms with Crippen molar-refractivity contribution in [2.24, 2.45) is 5.73 Å². The molecule has 4 rings (SSSR count). The quantitative estimate of drug-likeness (QED) is 0.391. The van der Waals surface area contributed by atoms with Crippen molar-refractivity contribution in [3.63, 3.8) is 0 Å². The summed E-state index contributed by atoms with van der Waals surface area (Å²) in [7, 11) is 0. The second-order valence-corrected chi connectivity index (χ2v) is 7.37. The van der Waals surface area contributed by atoms with Gasteiger partial charge in [-0.05, 0) is 36.2 Å². The summed E-state index contributed by atoms with van der Waals surface area (Å²) in [6.45, 7) is 0.496. The number of halogens is 1. The number of nitrogens with one attached hydrogen (secondary N) is 2. The van der Waals surface area contributed by atoms with Gasteiger partial charge in [-0.3, -0.25) is 4.79 Å². The Kier molecular flexibility index (Phi) is 7.58. The Bertz CT molecular complexity index is 1260. The van der Waals surface area contributed by atoms with Crippen LogP contribution < -0.4 is 16.4 Å². The fraction of sp³-hybridized carbons (Fsp3) is 0.0909. The Morgan fingerprint density at radius 2 is 1.84 bits per heavy atom. The molecule has 4 N–H and O–H groups in total. The largest absolute Gasteiger partial charge is 0.373 e. The lowest BCUT2D eigenvalue weighted by Crippen LogP contribution is -2.17. The molecule has 0 unspecified atom stereocenters. The summed E-state index contributed by atoms with van der Waals surface area (Å²) in [6.07, 6.45) is 0.963. The highest BCUT2D eigenvalue weighted by Crippen LogP contribution is 2.27. The number of thiazole rings is 1. The normalized spacial score (nSPS) is 10.0. The van der Waals surface area contributed by atoms with Crippen LogP contribution in [0.25, 0.3) is 10.2 Å². The number of nitrogens with two attached hydrogens (primary N) is 1. The van der Waals surface area contributed by atoms with Gasteiger partial charge in [-0.15, -0.1) is 11.3 Å². The van der Waals surface area contributed by atoms with Crippen molar-refractivity contribution < 1.29 is 18.8 Å². The molecule has 2 aromatic carbocycles. The number of rotatable bonds is 7. The maximum atomic E-state index is 14.5. The Labute approximate surface area is 186 Å². The molecule has 162 valence electrons. The molecule has 0 aliphatic heterocycles. The number of benzene rings is 2. The molecule has 8 nitrogen and oxygen atoms in total. The van der Waals surface area contributed by atoms with Gasteiger partial charge in [0.15, 0.2) is 11.6 Å². The van der Waals surface area contributed by atoms with E-state index in [2.05, 4.69) is 20.6 Å². The second-order valence-electron chi connectivity index (χ2n) is 6.48. The highest BCUT2D eigenvalue weighted by molar-refractivity contribution is 7.16. The second kappa shape index (κ2) is 10.8. The molecule has 0 saturated heterocycles. The van der Waals surface area contributed by atoms with E-state index in [0.717, 1.165) is 21.8 Å². The minimum atomic E-state index is -0.756. The number of hydrogen-bond donors (Lipinski definition) is 3. The molecule has 0 saturated carbocycles. The first kappa shape index (κ1) is 22.5. The first-order chi connectivity index (χ1) is 15.5. The monoisotopic (exact) mass is 451 g/mol. The van der Waals surface area contributed by atoms with E-state index in [4.69, 9.17) is 15.3 Å². The van der Waals surface area contributed by atoms with E-state index in [9.17, 15) is 9.18 Å². The third-order valence-corrected chi connectivity index (χ3v) is 5.18. The van der Waals surface area contributed by atoms with Crippen LogP contribution in [0, 0.1) is 5.82 Å². The molecule has 0 radical (unpaired) electrons. The van der Waals surface area contributed by atoms with Gasteiger partial charge in [0.2, 0.25) is 0 Å². The van der Waals surface area contributed by atoms with Crippen molar-refractivity contribution in [1.82, 2.24) is 9.97 Å². The lowest BCUT2D eigenvalue weighted by molar-refractivity contribution is -0.191. The molecule has 0 spiro atoms. The predicted octanol–water partition coefficient (Wildman–Crippen LogP) is 3.74. The number of pyridine rings is 1. The lowest BCUT2D eigenvalue weighted by Gasteiger charge is -2.13. The third-order valence-electron chi connectivity index (χ3n) is 4.38. The number of fused-ring (bicyclic) bond motifs is 1. The first-order valence-electron chi connectivity index (χ1n) is 9.39. The number of primary amides is 1. The molecule has 2 heterocycles. The average molecular weight is 451 g/mol. The summed E-state index contributed by atoms with van der Waals surface area (Å²) < 4.78 is 15.4. The summed E-state index contributed by atoms with van der Waals surface area (Å²) in [5.74, 6) is -1.12. The van der Waals surface area contributed by atoms with Crippen molar-refractivity contribution in [2.45, 2.75) is 6.42 Å². The Hall–Kier alpha value is -4.14. The van der Waals surface area contributed by atoms with E-state index in [1.165, 1.54) is 11.3 Å². The summed E-state index contributed by atoms with van der Waals surface area (Å²) in [5.41, 5.74) is 9.89. The van der Waals surface area contributed by atoms with Crippen LogP contribution in [0.5, 0.6) is 0 Å². The number of carbonyl (C=O) groups is 1. The van der Waals surface area contributed by atoms with Crippen molar-refractivity contribution >= 4 is 50.9 Å². The molecular formula is C22H18FN5O3S. The molecular weight excluding hydrogens is 433 g/mol. The smallest absolute Gasteiger partial charge is 0.367 e. The van der Waals surface area contributed by atoms with E-state index < -0.39 is 11.7 Å². The molecule has 0 atom stereocenters. The fourth-order valence-electron chi connectivity index (χ4n) is 2.94. The van der Waals surface area contributed by atoms with Gasteiger partial charge in [-0.25, -0.2) is 14.4 Å². The van der Waals surface area contributed by atoms with Crippen LogP contribution in [0.2, 0.25) is 0 Å². The van der Waals surface area contributed by atoms with Gasteiger partial charge in [0.1, 0.15) is 5.82 Å². The van der Waals surface area contributed by atoms with Crippen molar-refractivity contribution in [3.05, 3.63) is 77.1 Å². The summed E-state index contributed by atoms with van der Waals surface area (Å²) in [6, 6.07) is 16.5. The molecule has 0 aliphatic carbocycles. The number of hydrogen-bond acceptors (Lipinski definition) is 8. The van der Waals surface area contributed by atoms with Crippen LogP contribution in [0.15, 0.2) is 60.1 Å². The molecule has 0 bridgehead atoms. The van der Waals surface area contributed by atoms with Gasteiger partial charge < -0.3 is 16.4 Å². The van der Waals surface area contributed by atoms with E-state index in [1.54, 1.807) is 5.51 Å². The fourth-order valence-corrected chi connectivity index (χ4v) is 3.65. The first-order valence-corrected chi connectivity index (χ1v) is 10.3. The number of amides is 1. The van der Waals surface area contributed by atoms with Gasteiger partial charge >= 0.3 is 6.15 Å².